The number of amides is 2. The molecule has 0 bridgehead atoms. The molecule has 1 fully saturated rings. The Balaban J connectivity index is 1.08. The predicted octanol–water partition coefficient (Wildman–Crippen LogP) is 5.49. The number of rotatable bonds is 8. The van der Waals surface area contributed by atoms with Crippen LogP contribution < -0.4 is 10.6 Å². The van der Waals surface area contributed by atoms with Gasteiger partial charge in [0.25, 0.3) is 5.91 Å². The number of hydrogen-bond acceptors (Lipinski definition) is 6. The van der Waals surface area contributed by atoms with Crippen LogP contribution in [-0.2, 0) is 16.1 Å². The zero-order valence-corrected chi connectivity index (χ0v) is 22.9. The number of aliphatic carboxylic acids is 1. The molecular weight excluding hydrogens is 534 g/mol. The minimum absolute atomic E-state index is 0.103. The summed E-state index contributed by atoms with van der Waals surface area (Å²) in [5.41, 5.74) is 4.21. The van der Waals surface area contributed by atoms with E-state index in [-0.39, 0.29) is 36.8 Å². The molecule has 2 aliphatic rings. The van der Waals surface area contributed by atoms with Crippen LogP contribution in [0.3, 0.4) is 0 Å². The molecule has 9 heteroatoms. The molecule has 0 saturated carbocycles. The summed E-state index contributed by atoms with van der Waals surface area (Å²) in [6, 6.07) is 27.5. The second-order valence-corrected chi connectivity index (χ2v) is 10.7. The Bertz CT molecular complexity index is 1560. The number of carboxylic acid groups (broad SMARTS) is 1. The Morgan fingerprint density at radius 1 is 0.881 bits per heavy atom. The standard InChI is InChI=1S/C33H31N3O6/c37-30(35-33(31(38)39)15-17-36(18-16-33)20-22-8-2-1-3-9-22)29-28(14-19-41-29)34-32(40)42-21-27-25-12-6-4-10-23(25)24-11-5-7-13-26(24)27/h1-14,19,27H,15-18,20-21H2,(H,34,40)(H,35,37)(H,38,39). The molecule has 4 aromatic rings. The van der Waals surface area contributed by atoms with Gasteiger partial charge >= 0.3 is 12.1 Å². The van der Waals surface area contributed by atoms with E-state index in [4.69, 9.17) is 9.15 Å². The van der Waals surface area contributed by atoms with Crippen LogP contribution in [0.4, 0.5) is 10.5 Å². The summed E-state index contributed by atoms with van der Waals surface area (Å²) in [4.78, 5) is 40.5. The number of carbonyl (C=O) groups excluding carboxylic acids is 2. The molecule has 0 spiro atoms. The number of furan rings is 1. The van der Waals surface area contributed by atoms with Crippen LogP contribution in [0.2, 0.25) is 0 Å². The van der Waals surface area contributed by atoms with Crippen molar-refractivity contribution in [1.82, 2.24) is 10.2 Å². The molecule has 6 rings (SSSR count). The SMILES string of the molecule is O=C(Nc1ccoc1C(=O)NC1(C(=O)O)CCN(Cc2ccccc2)CC1)OCC1c2ccccc2-c2ccccc21. The predicted molar refractivity (Wildman–Crippen MR) is 156 cm³/mol. The lowest BCUT2D eigenvalue weighted by Gasteiger charge is -2.39. The number of anilines is 1. The molecule has 1 aliphatic carbocycles. The molecule has 1 aliphatic heterocycles. The van der Waals surface area contributed by atoms with Crippen molar-refractivity contribution in [3.63, 3.8) is 0 Å². The van der Waals surface area contributed by atoms with E-state index < -0.39 is 23.5 Å². The Hall–Kier alpha value is -4.89. The minimum atomic E-state index is -1.45. The van der Waals surface area contributed by atoms with Crippen molar-refractivity contribution in [1.29, 1.82) is 0 Å². The molecular formula is C33H31N3O6. The fourth-order valence-electron chi connectivity index (χ4n) is 5.93. The summed E-state index contributed by atoms with van der Waals surface area (Å²) < 4.78 is 11.0. The van der Waals surface area contributed by atoms with E-state index in [1.165, 1.54) is 12.3 Å². The number of hydrogen-bond donors (Lipinski definition) is 3. The molecule has 1 saturated heterocycles. The van der Waals surface area contributed by atoms with Crippen LogP contribution in [0.25, 0.3) is 11.1 Å². The molecule has 2 heterocycles. The molecule has 42 heavy (non-hydrogen) atoms. The van der Waals surface area contributed by atoms with Crippen molar-refractivity contribution in [3.05, 3.63) is 114 Å². The first kappa shape index (κ1) is 27.3. The smallest absolute Gasteiger partial charge is 0.411 e. The summed E-state index contributed by atoms with van der Waals surface area (Å²) in [6.07, 6.45) is 0.992. The van der Waals surface area contributed by atoms with Crippen LogP contribution in [0.1, 0.15) is 46.0 Å². The van der Waals surface area contributed by atoms with Crippen LogP contribution in [-0.4, -0.2) is 53.2 Å². The lowest BCUT2D eigenvalue weighted by molar-refractivity contribution is -0.146. The van der Waals surface area contributed by atoms with E-state index in [0.717, 1.165) is 27.8 Å². The van der Waals surface area contributed by atoms with Crippen molar-refractivity contribution in [2.75, 3.05) is 25.0 Å². The fourth-order valence-corrected chi connectivity index (χ4v) is 5.93. The molecule has 0 unspecified atom stereocenters. The number of benzene rings is 3. The lowest BCUT2D eigenvalue weighted by Crippen LogP contribution is -2.60. The van der Waals surface area contributed by atoms with Gasteiger partial charge in [-0.3, -0.25) is 15.0 Å². The summed E-state index contributed by atoms with van der Waals surface area (Å²) in [5.74, 6) is -2.12. The van der Waals surface area contributed by atoms with E-state index in [9.17, 15) is 19.5 Å². The number of nitrogens with zero attached hydrogens (tertiary/aromatic N) is 1. The van der Waals surface area contributed by atoms with Gasteiger partial charge in [0.2, 0.25) is 5.76 Å². The van der Waals surface area contributed by atoms with Crippen LogP contribution >= 0.6 is 0 Å². The molecule has 9 nitrogen and oxygen atoms in total. The zero-order chi connectivity index (χ0) is 29.1. The largest absolute Gasteiger partial charge is 0.480 e. The number of nitrogens with one attached hydrogen (secondary N) is 2. The van der Waals surface area contributed by atoms with Gasteiger partial charge in [0.1, 0.15) is 12.1 Å². The van der Waals surface area contributed by atoms with Crippen molar-refractivity contribution in [3.8, 4) is 11.1 Å². The van der Waals surface area contributed by atoms with Gasteiger partial charge in [-0.15, -0.1) is 0 Å². The monoisotopic (exact) mass is 565 g/mol. The first-order chi connectivity index (χ1) is 20.4. The second kappa shape index (κ2) is 11.5. The maximum absolute atomic E-state index is 13.2. The van der Waals surface area contributed by atoms with Crippen LogP contribution in [0.5, 0.6) is 0 Å². The number of ether oxygens (including phenoxy) is 1. The Morgan fingerprint density at radius 2 is 1.50 bits per heavy atom. The molecule has 3 N–H and O–H groups in total. The highest BCUT2D eigenvalue weighted by Gasteiger charge is 2.43. The molecule has 0 radical (unpaired) electrons. The molecule has 214 valence electrons. The Labute approximate surface area is 243 Å². The number of piperidine rings is 1. The molecule has 1 aromatic heterocycles. The average molecular weight is 566 g/mol. The van der Waals surface area contributed by atoms with E-state index in [1.807, 2.05) is 66.7 Å². The maximum atomic E-state index is 13.2. The van der Waals surface area contributed by atoms with Gasteiger partial charge in [-0.2, -0.15) is 0 Å². The first-order valence-electron chi connectivity index (χ1n) is 14.0. The average Bonchev–Trinajstić information content (AvgIpc) is 3.60. The Kier molecular flexibility index (Phi) is 7.50. The van der Waals surface area contributed by atoms with Gasteiger partial charge < -0.3 is 19.6 Å². The van der Waals surface area contributed by atoms with E-state index in [0.29, 0.717) is 19.6 Å². The van der Waals surface area contributed by atoms with Gasteiger partial charge in [0.05, 0.1) is 12.0 Å². The van der Waals surface area contributed by atoms with Crippen LogP contribution in [0.15, 0.2) is 95.6 Å². The summed E-state index contributed by atoms with van der Waals surface area (Å²) in [6.45, 7) is 1.83. The third-order valence-electron chi connectivity index (χ3n) is 8.17. The van der Waals surface area contributed by atoms with Crippen LogP contribution in [0, 0.1) is 0 Å². The summed E-state index contributed by atoms with van der Waals surface area (Å²) >= 11 is 0. The van der Waals surface area contributed by atoms with E-state index >= 15 is 0 Å². The highest BCUT2D eigenvalue weighted by molar-refractivity contribution is 6.02. The molecule has 2 amide bonds. The highest BCUT2D eigenvalue weighted by Crippen LogP contribution is 2.44. The molecule has 0 atom stereocenters. The van der Waals surface area contributed by atoms with Crippen molar-refractivity contribution in [2.24, 2.45) is 0 Å². The summed E-state index contributed by atoms with van der Waals surface area (Å²) in [7, 11) is 0. The number of fused-ring (bicyclic) bond motifs is 3. The maximum Gasteiger partial charge on any atom is 0.411 e. The quantitative estimate of drug-likeness (QED) is 0.258. The van der Waals surface area contributed by atoms with Crippen molar-refractivity contribution >= 4 is 23.7 Å². The number of carboxylic acids is 1. The third-order valence-corrected chi connectivity index (χ3v) is 8.17. The highest BCUT2D eigenvalue weighted by atomic mass is 16.5. The normalized spacial score (nSPS) is 15.8. The second-order valence-electron chi connectivity index (χ2n) is 10.7. The lowest BCUT2D eigenvalue weighted by atomic mass is 9.87. The Morgan fingerprint density at radius 3 is 2.14 bits per heavy atom. The van der Waals surface area contributed by atoms with Gasteiger partial charge in [-0.25, -0.2) is 9.59 Å². The zero-order valence-electron chi connectivity index (χ0n) is 22.9. The topological polar surface area (TPSA) is 121 Å². The minimum Gasteiger partial charge on any atom is -0.480 e. The van der Waals surface area contributed by atoms with E-state index in [2.05, 4.69) is 27.7 Å². The summed E-state index contributed by atoms with van der Waals surface area (Å²) in [5, 5.41) is 15.4. The van der Waals surface area contributed by atoms with Gasteiger partial charge in [0.15, 0.2) is 0 Å². The van der Waals surface area contributed by atoms with Crippen molar-refractivity contribution < 1.29 is 28.6 Å². The van der Waals surface area contributed by atoms with Gasteiger partial charge in [0, 0.05) is 31.6 Å². The van der Waals surface area contributed by atoms with Gasteiger partial charge in [-0.1, -0.05) is 78.9 Å². The number of likely N-dealkylation sites (tertiary alicyclic amines) is 1. The first-order valence-corrected chi connectivity index (χ1v) is 14.0. The van der Waals surface area contributed by atoms with Gasteiger partial charge in [-0.05, 0) is 40.7 Å². The number of carbonyl (C=O) groups is 3. The fraction of sp³-hybridized carbons (Fsp3) is 0.242. The molecule has 3 aromatic carbocycles. The van der Waals surface area contributed by atoms with Crippen molar-refractivity contribution in [2.45, 2.75) is 30.8 Å². The third kappa shape index (κ3) is 5.38. The van der Waals surface area contributed by atoms with E-state index in [1.54, 1.807) is 0 Å².